The first-order chi connectivity index (χ1) is 8.87. The highest BCUT2D eigenvalue weighted by Gasteiger charge is 2.32. The van der Waals surface area contributed by atoms with E-state index in [1.54, 1.807) is 0 Å². The van der Waals surface area contributed by atoms with Crippen molar-refractivity contribution in [3.05, 3.63) is 29.6 Å². The van der Waals surface area contributed by atoms with Crippen LogP contribution in [-0.4, -0.2) is 24.3 Å². The van der Waals surface area contributed by atoms with Crippen LogP contribution >= 0.6 is 0 Å². The van der Waals surface area contributed by atoms with Crippen LogP contribution in [-0.2, 0) is 9.47 Å². The minimum Gasteiger partial charge on any atom is -0.459 e. The van der Waals surface area contributed by atoms with Crippen molar-refractivity contribution in [1.29, 1.82) is 0 Å². The van der Waals surface area contributed by atoms with Crippen molar-refractivity contribution in [2.45, 2.75) is 38.4 Å². The Balaban J connectivity index is 1.93. The van der Waals surface area contributed by atoms with Gasteiger partial charge in [0.1, 0.15) is 12.4 Å². The number of nitrogens with two attached hydrogens (primary N) is 1. The number of ether oxygens (including phenoxy) is 2. The molecule has 0 aromatic heterocycles. The standard InChI is InChI=1S/C14H18FNO3/c1-14(2)6-5-10(19-14)8-18-13(17)11-7-9(15)3-4-12(11)16/h3-4,7,10H,5-6,8,16H2,1-2H3. The maximum atomic E-state index is 13.1. The molecule has 1 atom stereocenters. The molecule has 2 N–H and O–H groups in total. The molecular formula is C14H18FNO3. The number of nitrogen functional groups attached to an aromatic ring is 1. The van der Waals surface area contributed by atoms with E-state index in [0.717, 1.165) is 18.9 Å². The summed E-state index contributed by atoms with van der Waals surface area (Å²) in [7, 11) is 0. The summed E-state index contributed by atoms with van der Waals surface area (Å²) < 4.78 is 23.9. The van der Waals surface area contributed by atoms with E-state index in [1.165, 1.54) is 12.1 Å². The molecule has 0 bridgehead atoms. The van der Waals surface area contributed by atoms with Gasteiger partial charge in [0.25, 0.3) is 0 Å². The van der Waals surface area contributed by atoms with Crippen molar-refractivity contribution >= 4 is 11.7 Å². The zero-order valence-corrected chi connectivity index (χ0v) is 11.1. The second-order valence-electron chi connectivity index (χ2n) is 5.37. The van der Waals surface area contributed by atoms with E-state index in [2.05, 4.69) is 0 Å². The Morgan fingerprint density at radius 3 is 2.95 bits per heavy atom. The van der Waals surface area contributed by atoms with E-state index in [1.807, 2.05) is 13.8 Å². The number of carbonyl (C=O) groups excluding carboxylic acids is 1. The fourth-order valence-corrected chi connectivity index (χ4v) is 2.15. The average Bonchev–Trinajstić information content (AvgIpc) is 2.69. The van der Waals surface area contributed by atoms with Gasteiger partial charge in [0.15, 0.2) is 0 Å². The van der Waals surface area contributed by atoms with Crippen LogP contribution in [0.1, 0.15) is 37.0 Å². The molecule has 104 valence electrons. The molecule has 5 heteroatoms. The molecular weight excluding hydrogens is 249 g/mol. The minimum absolute atomic E-state index is 0.0530. The Kier molecular flexibility index (Phi) is 3.75. The third kappa shape index (κ3) is 3.44. The van der Waals surface area contributed by atoms with Gasteiger partial charge in [-0.05, 0) is 44.9 Å². The van der Waals surface area contributed by atoms with Gasteiger partial charge in [-0.3, -0.25) is 0 Å². The van der Waals surface area contributed by atoms with E-state index < -0.39 is 11.8 Å². The lowest BCUT2D eigenvalue weighted by molar-refractivity contribution is -0.0444. The second-order valence-corrected chi connectivity index (χ2v) is 5.37. The summed E-state index contributed by atoms with van der Waals surface area (Å²) in [6.45, 7) is 4.16. The van der Waals surface area contributed by atoms with Gasteiger partial charge in [-0.1, -0.05) is 0 Å². The lowest BCUT2D eigenvalue weighted by atomic mass is 10.1. The van der Waals surface area contributed by atoms with Crippen molar-refractivity contribution in [2.75, 3.05) is 12.3 Å². The molecule has 2 rings (SSSR count). The van der Waals surface area contributed by atoms with Crippen LogP contribution in [0.2, 0.25) is 0 Å². The van der Waals surface area contributed by atoms with E-state index in [-0.39, 0.29) is 29.6 Å². The fraction of sp³-hybridized carbons (Fsp3) is 0.500. The molecule has 1 unspecified atom stereocenters. The minimum atomic E-state index is -0.620. The third-order valence-electron chi connectivity index (χ3n) is 3.19. The number of anilines is 1. The first-order valence-electron chi connectivity index (χ1n) is 6.27. The lowest BCUT2D eigenvalue weighted by Crippen LogP contribution is -2.24. The van der Waals surface area contributed by atoms with Crippen molar-refractivity contribution in [3.63, 3.8) is 0 Å². The Morgan fingerprint density at radius 1 is 1.58 bits per heavy atom. The van der Waals surface area contributed by atoms with Crippen LogP contribution in [0.25, 0.3) is 0 Å². The molecule has 1 heterocycles. The number of hydrogen-bond donors (Lipinski definition) is 1. The van der Waals surface area contributed by atoms with Crippen LogP contribution < -0.4 is 5.73 Å². The van der Waals surface area contributed by atoms with E-state index in [9.17, 15) is 9.18 Å². The van der Waals surface area contributed by atoms with Crippen LogP contribution in [0, 0.1) is 5.82 Å². The smallest absolute Gasteiger partial charge is 0.340 e. The first-order valence-corrected chi connectivity index (χ1v) is 6.27. The van der Waals surface area contributed by atoms with Gasteiger partial charge >= 0.3 is 5.97 Å². The predicted molar refractivity (Wildman–Crippen MR) is 69.3 cm³/mol. The normalized spacial score (nSPS) is 21.3. The molecule has 1 aromatic carbocycles. The summed E-state index contributed by atoms with van der Waals surface area (Å²) in [6.07, 6.45) is 1.67. The number of hydrogen-bond acceptors (Lipinski definition) is 4. The molecule has 1 aromatic rings. The van der Waals surface area contributed by atoms with Gasteiger partial charge < -0.3 is 15.2 Å². The summed E-state index contributed by atoms with van der Waals surface area (Å²) in [6, 6.07) is 3.63. The van der Waals surface area contributed by atoms with Crippen molar-refractivity contribution in [2.24, 2.45) is 0 Å². The summed E-state index contributed by atoms with van der Waals surface area (Å²) in [5.41, 5.74) is 5.71. The molecule has 0 saturated carbocycles. The third-order valence-corrected chi connectivity index (χ3v) is 3.19. The van der Waals surface area contributed by atoms with Crippen molar-refractivity contribution < 1.29 is 18.7 Å². The predicted octanol–water partition coefficient (Wildman–Crippen LogP) is 2.52. The zero-order valence-electron chi connectivity index (χ0n) is 11.1. The molecule has 4 nitrogen and oxygen atoms in total. The van der Waals surface area contributed by atoms with Gasteiger partial charge in [0, 0.05) is 5.69 Å². The highest BCUT2D eigenvalue weighted by molar-refractivity contribution is 5.95. The monoisotopic (exact) mass is 267 g/mol. The SMILES string of the molecule is CC1(C)CCC(COC(=O)c2cc(F)ccc2N)O1. The number of carbonyl (C=O) groups is 1. The molecule has 0 aliphatic carbocycles. The maximum Gasteiger partial charge on any atom is 0.340 e. The molecule has 1 aliphatic heterocycles. The Bertz CT molecular complexity index is 488. The van der Waals surface area contributed by atoms with Crippen molar-refractivity contribution in [1.82, 2.24) is 0 Å². The highest BCUT2D eigenvalue weighted by Crippen LogP contribution is 2.29. The Labute approximate surface area is 111 Å². The van der Waals surface area contributed by atoms with Gasteiger partial charge in [-0.2, -0.15) is 0 Å². The Hall–Kier alpha value is -1.62. The molecule has 0 spiro atoms. The largest absolute Gasteiger partial charge is 0.459 e. The van der Waals surface area contributed by atoms with E-state index in [4.69, 9.17) is 15.2 Å². The molecule has 19 heavy (non-hydrogen) atoms. The number of rotatable bonds is 3. The fourth-order valence-electron chi connectivity index (χ4n) is 2.15. The van der Waals surface area contributed by atoms with Crippen LogP contribution in [0.4, 0.5) is 10.1 Å². The maximum absolute atomic E-state index is 13.1. The Morgan fingerprint density at radius 2 is 2.32 bits per heavy atom. The number of benzene rings is 1. The zero-order chi connectivity index (χ0) is 14.0. The quantitative estimate of drug-likeness (QED) is 0.675. The van der Waals surface area contributed by atoms with E-state index >= 15 is 0 Å². The molecule has 0 radical (unpaired) electrons. The summed E-state index contributed by atoms with van der Waals surface area (Å²) in [4.78, 5) is 11.8. The second kappa shape index (κ2) is 5.17. The number of esters is 1. The van der Waals surface area contributed by atoms with Gasteiger partial charge in [-0.15, -0.1) is 0 Å². The topological polar surface area (TPSA) is 61.5 Å². The average molecular weight is 267 g/mol. The molecule has 1 fully saturated rings. The molecule has 0 amide bonds. The van der Waals surface area contributed by atoms with Crippen LogP contribution in [0.5, 0.6) is 0 Å². The molecule has 1 aliphatic rings. The van der Waals surface area contributed by atoms with Gasteiger partial charge in [0.05, 0.1) is 17.3 Å². The van der Waals surface area contributed by atoms with Crippen molar-refractivity contribution in [3.8, 4) is 0 Å². The number of halogens is 1. The summed E-state index contributed by atoms with van der Waals surface area (Å²) >= 11 is 0. The summed E-state index contributed by atoms with van der Waals surface area (Å²) in [5.74, 6) is -1.13. The summed E-state index contributed by atoms with van der Waals surface area (Å²) in [5, 5.41) is 0. The lowest BCUT2D eigenvalue weighted by Gasteiger charge is -2.19. The van der Waals surface area contributed by atoms with Gasteiger partial charge in [-0.25, -0.2) is 9.18 Å². The van der Waals surface area contributed by atoms with Crippen LogP contribution in [0.3, 0.4) is 0 Å². The van der Waals surface area contributed by atoms with Gasteiger partial charge in [0.2, 0.25) is 0 Å². The first kappa shape index (κ1) is 13.8. The molecule has 1 saturated heterocycles. The highest BCUT2D eigenvalue weighted by atomic mass is 19.1. The van der Waals surface area contributed by atoms with E-state index in [0.29, 0.717) is 0 Å². The van der Waals surface area contributed by atoms with Crippen LogP contribution in [0.15, 0.2) is 18.2 Å².